The molecule has 3 aliphatic rings. The lowest BCUT2D eigenvalue weighted by Gasteiger charge is -2.30. The van der Waals surface area contributed by atoms with E-state index in [1.165, 1.54) is 100 Å². The van der Waals surface area contributed by atoms with Gasteiger partial charge in [0, 0.05) is 22.5 Å². The van der Waals surface area contributed by atoms with Crippen LogP contribution in [0.15, 0.2) is 237 Å². The number of nitrogens with zero attached hydrogens (tertiary/aromatic N) is 1. The third-order valence-corrected chi connectivity index (χ3v) is 14.7. The summed E-state index contributed by atoms with van der Waals surface area (Å²) < 4.78 is 0. The van der Waals surface area contributed by atoms with Crippen molar-refractivity contribution >= 4 is 17.1 Å². The van der Waals surface area contributed by atoms with Gasteiger partial charge in [-0.15, -0.1) is 0 Å². The molecule has 0 saturated heterocycles. The van der Waals surface area contributed by atoms with E-state index in [9.17, 15) is 0 Å². The maximum absolute atomic E-state index is 2.43. The maximum Gasteiger partial charge on any atom is 0.0725 e. The molecule has 13 rings (SSSR count). The molecule has 0 atom stereocenters. The Balaban J connectivity index is 0.845. The van der Waals surface area contributed by atoms with Crippen molar-refractivity contribution in [2.45, 2.75) is 24.7 Å². The molecule has 0 saturated carbocycles. The largest absolute Gasteiger partial charge is 0.310 e. The first kappa shape index (κ1) is 37.5. The van der Waals surface area contributed by atoms with Crippen LogP contribution in [0.2, 0.25) is 0 Å². The Kier molecular flexibility index (Phi) is 8.24. The summed E-state index contributed by atoms with van der Waals surface area (Å²) >= 11 is 0. The summed E-state index contributed by atoms with van der Waals surface area (Å²) in [5, 5.41) is 0. The number of benzene rings is 10. The Morgan fingerprint density at radius 1 is 0.246 bits per heavy atom. The van der Waals surface area contributed by atoms with Crippen molar-refractivity contribution in [1.29, 1.82) is 0 Å². The fourth-order valence-electron chi connectivity index (χ4n) is 11.6. The number of rotatable bonds is 6. The second-order valence-corrected chi connectivity index (χ2v) is 18.4. The first-order valence-corrected chi connectivity index (χ1v) is 22.8. The molecule has 0 heterocycles. The summed E-state index contributed by atoms with van der Waals surface area (Å²) in [7, 11) is 0. The van der Waals surface area contributed by atoms with Crippen LogP contribution in [0.5, 0.6) is 0 Å². The molecule has 306 valence electrons. The normalized spacial score (nSPS) is 13.9. The summed E-state index contributed by atoms with van der Waals surface area (Å²) in [6.07, 6.45) is 0. The van der Waals surface area contributed by atoms with Crippen molar-refractivity contribution in [2.24, 2.45) is 0 Å². The minimum Gasteiger partial charge on any atom is -0.310 e. The van der Waals surface area contributed by atoms with E-state index in [4.69, 9.17) is 0 Å². The second kappa shape index (κ2) is 14.3. The van der Waals surface area contributed by atoms with E-state index < -0.39 is 0 Å². The molecule has 10 aromatic rings. The first-order valence-electron chi connectivity index (χ1n) is 22.8. The standard InChI is InChI=1S/C64H45N/c1-63(2)57-20-10-6-16-51(57)55-38-37-50(41-62(55)63)65(48-33-28-44(29-34-48)42-14-4-3-5-15-42)49-35-30-45(31-36-49)43-24-26-46(27-25-43)47-32-39-61-56(40-47)54-19-9-13-23-60(54)64(61)58-21-11-7-17-52(58)53-18-8-12-22-59(53)64/h3-41H,1-2H3. The fraction of sp³-hybridized carbons (Fsp3) is 0.0625. The summed E-state index contributed by atoms with van der Waals surface area (Å²) in [6, 6.07) is 87.9. The van der Waals surface area contributed by atoms with Crippen LogP contribution in [0.3, 0.4) is 0 Å². The van der Waals surface area contributed by atoms with Crippen LogP contribution in [0, 0.1) is 0 Å². The van der Waals surface area contributed by atoms with Crippen LogP contribution in [-0.2, 0) is 10.8 Å². The minimum atomic E-state index is -0.322. The average Bonchev–Trinajstić information content (AvgIpc) is 3.93. The molecule has 0 unspecified atom stereocenters. The first-order chi connectivity index (χ1) is 32.0. The third kappa shape index (κ3) is 5.52. The molecule has 0 aliphatic heterocycles. The molecule has 10 aromatic carbocycles. The van der Waals surface area contributed by atoms with E-state index >= 15 is 0 Å². The monoisotopic (exact) mass is 827 g/mol. The molecule has 1 heteroatoms. The molecule has 0 fully saturated rings. The SMILES string of the molecule is CC1(C)c2ccccc2-c2ccc(N(c3ccc(-c4ccccc4)cc3)c3ccc(-c4ccc(-c5ccc6c(c5)-c5ccccc5C65c6ccccc6-c6ccccc65)cc4)cc3)cc21. The molecular formula is C64H45N. The van der Waals surface area contributed by atoms with Crippen LogP contribution >= 0.6 is 0 Å². The van der Waals surface area contributed by atoms with Crippen LogP contribution in [-0.4, -0.2) is 0 Å². The Labute approximate surface area is 381 Å². The van der Waals surface area contributed by atoms with Crippen molar-refractivity contribution in [3.8, 4) is 66.8 Å². The molecule has 0 aromatic heterocycles. The van der Waals surface area contributed by atoms with Crippen LogP contribution in [0.1, 0.15) is 47.2 Å². The highest BCUT2D eigenvalue weighted by atomic mass is 15.1. The predicted octanol–water partition coefficient (Wildman–Crippen LogP) is 16.8. The van der Waals surface area contributed by atoms with Gasteiger partial charge in [0.05, 0.1) is 5.41 Å². The van der Waals surface area contributed by atoms with Crippen LogP contribution in [0.4, 0.5) is 17.1 Å². The number of hydrogen-bond donors (Lipinski definition) is 0. The molecule has 3 aliphatic carbocycles. The highest BCUT2D eigenvalue weighted by Gasteiger charge is 2.51. The number of anilines is 3. The van der Waals surface area contributed by atoms with Crippen LogP contribution < -0.4 is 4.90 Å². The molecular weight excluding hydrogens is 783 g/mol. The van der Waals surface area contributed by atoms with Gasteiger partial charge < -0.3 is 4.90 Å². The molecule has 0 amide bonds. The van der Waals surface area contributed by atoms with Crippen molar-refractivity contribution in [3.63, 3.8) is 0 Å². The Morgan fingerprint density at radius 3 is 1.14 bits per heavy atom. The van der Waals surface area contributed by atoms with Gasteiger partial charge in [-0.25, -0.2) is 0 Å². The lowest BCUT2D eigenvalue weighted by Crippen LogP contribution is -2.25. The average molecular weight is 828 g/mol. The highest BCUT2D eigenvalue weighted by molar-refractivity contribution is 5.96. The van der Waals surface area contributed by atoms with E-state index in [2.05, 4.69) is 255 Å². The van der Waals surface area contributed by atoms with Gasteiger partial charge in [0.1, 0.15) is 0 Å². The summed E-state index contributed by atoms with van der Waals surface area (Å²) in [6.45, 7) is 4.71. The van der Waals surface area contributed by atoms with E-state index in [1.807, 2.05) is 0 Å². The number of fused-ring (bicyclic) bond motifs is 13. The fourth-order valence-corrected chi connectivity index (χ4v) is 11.6. The zero-order valence-corrected chi connectivity index (χ0v) is 36.5. The third-order valence-electron chi connectivity index (χ3n) is 14.7. The maximum atomic E-state index is 2.43. The van der Waals surface area contributed by atoms with E-state index in [0.29, 0.717) is 0 Å². The van der Waals surface area contributed by atoms with E-state index in [1.54, 1.807) is 0 Å². The molecule has 0 N–H and O–H groups in total. The lowest BCUT2D eigenvalue weighted by molar-refractivity contribution is 0.660. The van der Waals surface area contributed by atoms with Gasteiger partial charge in [-0.05, 0) is 143 Å². The van der Waals surface area contributed by atoms with Crippen LogP contribution in [0.25, 0.3) is 66.8 Å². The lowest BCUT2D eigenvalue weighted by atomic mass is 9.70. The van der Waals surface area contributed by atoms with Crippen molar-refractivity contribution in [1.82, 2.24) is 0 Å². The van der Waals surface area contributed by atoms with Crippen molar-refractivity contribution < 1.29 is 0 Å². The highest BCUT2D eigenvalue weighted by Crippen LogP contribution is 2.63. The zero-order valence-electron chi connectivity index (χ0n) is 36.5. The summed E-state index contributed by atoms with van der Waals surface area (Å²) in [4.78, 5) is 2.40. The molecule has 0 radical (unpaired) electrons. The van der Waals surface area contributed by atoms with Crippen molar-refractivity contribution in [2.75, 3.05) is 4.90 Å². The van der Waals surface area contributed by atoms with Gasteiger partial charge in [0.2, 0.25) is 0 Å². The Bertz CT molecular complexity index is 3440. The minimum absolute atomic E-state index is 0.0956. The van der Waals surface area contributed by atoms with E-state index in [-0.39, 0.29) is 10.8 Å². The van der Waals surface area contributed by atoms with Gasteiger partial charge in [0.15, 0.2) is 0 Å². The smallest absolute Gasteiger partial charge is 0.0725 e. The quantitative estimate of drug-likeness (QED) is 0.161. The van der Waals surface area contributed by atoms with Gasteiger partial charge >= 0.3 is 0 Å². The van der Waals surface area contributed by atoms with Crippen molar-refractivity contribution in [3.05, 3.63) is 270 Å². The summed E-state index contributed by atoms with van der Waals surface area (Å²) in [5.41, 5.74) is 26.4. The van der Waals surface area contributed by atoms with Gasteiger partial charge in [-0.2, -0.15) is 0 Å². The molecule has 65 heavy (non-hydrogen) atoms. The number of hydrogen-bond acceptors (Lipinski definition) is 1. The molecule has 0 bridgehead atoms. The molecule has 1 nitrogen and oxygen atoms in total. The van der Waals surface area contributed by atoms with Gasteiger partial charge in [-0.1, -0.05) is 208 Å². The molecule has 1 spiro atoms. The van der Waals surface area contributed by atoms with Gasteiger partial charge in [-0.3, -0.25) is 0 Å². The Hall–Kier alpha value is -8.00. The predicted molar refractivity (Wildman–Crippen MR) is 271 cm³/mol. The zero-order chi connectivity index (χ0) is 43.3. The second-order valence-electron chi connectivity index (χ2n) is 18.4. The van der Waals surface area contributed by atoms with E-state index in [0.717, 1.165) is 17.1 Å². The Morgan fingerprint density at radius 2 is 0.600 bits per heavy atom. The topological polar surface area (TPSA) is 3.24 Å². The van der Waals surface area contributed by atoms with Gasteiger partial charge in [0.25, 0.3) is 0 Å². The summed E-state index contributed by atoms with van der Waals surface area (Å²) in [5.74, 6) is 0.